The molecule has 0 aliphatic rings. The van der Waals surface area contributed by atoms with Crippen LogP contribution in [-0.4, -0.2) is 16.1 Å². The Bertz CT molecular complexity index is 733. The van der Waals surface area contributed by atoms with Crippen molar-refractivity contribution in [2.75, 3.05) is 0 Å². The molecule has 0 aliphatic heterocycles. The van der Waals surface area contributed by atoms with E-state index in [9.17, 15) is 4.79 Å². The maximum atomic E-state index is 12.5. The van der Waals surface area contributed by atoms with E-state index in [4.69, 9.17) is 0 Å². The summed E-state index contributed by atoms with van der Waals surface area (Å²) < 4.78 is 0. The third kappa shape index (κ3) is 2.83. The van der Waals surface area contributed by atoms with E-state index in [0.29, 0.717) is 5.69 Å². The largest absolute Gasteiger partial charge is 0.343 e. The number of aromatic amines is 1. The lowest BCUT2D eigenvalue weighted by atomic mass is 10.1. The number of rotatable bonds is 5. The molecule has 1 unspecified atom stereocenters. The summed E-state index contributed by atoms with van der Waals surface area (Å²) in [7, 11) is 0. The van der Waals surface area contributed by atoms with Gasteiger partial charge in [0.25, 0.3) is 5.91 Å². The molecule has 21 heavy (non-hydrogen) atoms. The highest BCUT2D eigenvalue weighted by Crippen LogP contribution is 2.24. The van der Waals surface area contributed by atoms with Crippen molar-refractivity contribution in [3.63, 3.8) is 0 Å². The highest BCUT2D eigenvalue weighted by molar-refractivity contribution is 7.10. The highest BCUT2D eigenvalue weighted by atomic mass is 32.1. The molecule has 0 fully saturated rings. The summed E-state index contributed by atoms with van der Waals surface area (Å²) in [4.78, 5) is 13.7. The average molecular weight is 299 g/mol. The summed E-state index contributed by atoms with van der Waals surface area (Å²) in [5.74, 6) is -0.126. The fraction of sp³-hybridized carbons (Fsp3) is 0.250. The molecular weight excluding hydrogens is 282 g/mol. The quantitative estimate of drug-likeness (QED) is 0.750. The number of carbonyl (C=O) groups is 1. The van der Waals surface area contributed by atoms with Crippen LogP contribution >= 0.6 is 11.3 Å². The van der Waals surface area contributed by atoms with E-state index in [1.54, 1.807) is 11.3 Å². The minimum atomic E-state index is -0.126. The molecule has 3 rings (SSSR count). The highest BCUT2D eigenvalue weighted by Gasteiger charge is 2.19. The number of fused-ring (bicyclic) bond motifs is 1. The zero-order chi connectivity index (χ0) is 14.7. The fourth-order valence-electron chi connectivity index (χ4n) is 2.43. The van der Waals surface area contributed by atoms with E-state index < -0.39 is 0 Å². The van der Waals surface area contributed by atoms with Crippen LogP contribution in [0.1, 0.15) is 41.2 Å². The van der Waals surface area contributed by atoms with Gasteiger partial charge in [-0.15, -0.1) is 11.3 Å². The van der Waals surface area contributed by atoms with Crippen LogP contribution in [0.15, 0.2) is 41.8 Å². The van der Waals surface area contributed by atoms with E-state index in [1.807, 2.05) is 35.7 Å². The van der Waals surface area contributed by atoms with Gasteiger partial charge in [-0.3, -0.25) is 9.89 Å². The summed E-state index contributed by atoms with van der Waals surface area (Å²) in [6.45, 7) is 2.12. The number of thiophene rings is 1. The van der Waals surface area contributed by atoms with E-state index in [1.165, 1.54) is 4.88 Å². The summed E-state index contributed by atoms with van der Waals surface area (Å²) >= 11 is 1.67. The Labute approximate surface area is 127 Å². The predicted molar refractivity (Wildman–Crippen MR) is 85.5 cm³/mol. The van der Waals surface area contributed by atoms with Crippen LogP contribution in [0.5, 0.6) is 0 Å². The Morgan fingerprint density at radius 1 is 1.33 bits per heavy atom. The van der Waals surface area contributed by atoms with E-state index in [-0.39, 0.29) is 11.9 Å². The summed E-state index contributed by atoms with van der Waals surface area (Å²) in [6.07, 6.45) is 1.94. The van der Waals surface area contributed by atoms with Crippen molar-refractivity contribution >= 4 is 28.1 Å². The minimum Gasteiger partial charge on any atom is -0.343 e. The zero-order valence-electron chi connectivity index (χ0n) is 11.8. The Balaban J connectivity index is 1.84. The van der Waals surface area contributed by atoms with Gasteiger partial charge in [0, 0.05) is 10.3 Å². The summed E-state index contributed by atoms with van der Waals surface area (Å²) in [5.41, 5.74) is 1.34. The Morgan fingerprint density at radius 2 is 2.19 bits per heavy atom. The molecule has 108 valence electrons. The Kier molecular flexibility index (Phi) is 4.01. The van der Waals surface area contributed by atoms with Crippen LogP contribution < -0.4 is 5.32 Å². The van der Waals surface area contributed by atoms with Crippen LogP contribution in [0, 0.1) is 0 Å². The van der Waals surface area contributed by atoms with E-state index >= 15 is 0 Å². The predicted octanol–water partition coefficient (Wildman–Crippen LogP) is 3.90. The van der Waals surface area contributed by atoms with Gasteiger partial charge in [-0.1, -0.05) is 37.6 Å². The van der Waals surface area contributed by atoms with Crippen LogP contribution in [0.3, 0.4) is 0 Å². The van der Waals surface area contributed by atoms with Gasteiger partial charge >= 0.3 is 0 Å². The lowest BCUT2D eigenvalue weighted by molar-refractivity contribution is 0.0931. The molecule has 3 aromatic rings. The molecule has 5 heteroatoms. The summed E-state index contributed by atoms with van der Waals surface area (Å²) in [6, 6.07) is 11.8. The van der Waals surface area contributed by atoms with Crippen LogP contribution in [0.25, 0.3) is 10.9 Å². The standard InChI is InChI=1S/C16H17N3OS/c1-2-6-13(14-9-5-10-21-14)17-16(20)15-11-7-3-4-8-12(11)18-19-15/h3-5,7-10,13H,2,6H2,1H3,(H,17,20)(H,18,19). The van der Waals surface area contributed by atoms with Gasteiger partial charge in [-0.2, -0.15) is 5.10 Å². The first-order valence-electron chi connectivity index (χ1n) is 7.07. The zero-order valence-corrected chi connectivity index (χ0v) is 12.6. The van der Waals surface area contributed by atoms with Crippen molar-refractivity contribution in [2.24, 2.45) is 0 Å². The Morgan fingerprint density at radius 3 is 2.95 bits per heavy atom. The second kappa shape index (κ2) is 6.10. The molecule has 0 spiro atoms. The van der Waals surface area contributed by atoms with Crippen LogP contribution in [0.4, 0.5) is 0 Å². The molecule has 0 saturated carbocycles. The van der Waals surface area contributed by atoms with Crippen molar-refractivity contribution in [2.45, 2.75) is 25.8 Å². The van der Waals surface area contributed by atoms with Gasteiger partial charge in [0.2, 0.25) is 0 Å². The molecule has 1 amide bonds. The molecule has 2 heterocycles. The van der Waals surface area contributed by atoms with Crippen molar-refractivity contribution in [3.05, 3.63) is 52.3 Å². The minimum absolute atomic E-state index is 0.0537. The molecule has 1 aromatic carbocycles. The van der Waals surface area contributed by atoms with Gasteiger partial charge in [0.1, 0.15) is 0 Å². The number of aromatic nitrogens is 2. The molecule has 4 nitrogen and oxygen atoms in total. The molecule has 2 aromatic heterocycles. The first-order chi connectivity index (χ1) is 10.3. The SMILES string of the molecule is CCCC(NC(=O)c1n[nH]c2ccccc12)c1cccs1. The third-order valence-electron chi connectivity index (χ3n) is 3.45. The molecule has 0 radical (unpaired) electrons. The van der Waals surface area contributed by atoms with Crippen molar-refractivity contribution in [1.82, 2.24) is 15.5 Å². The lowest BCUT2D eigenvalue weighted by Gasteiger charge is -2.16. The molecular formula is C16H17N3OS. The van der Waals surface area contributed by atoms with Gasteiger partial charge in [-0.05, 0) is 23.9 Å². The number of hydrogen-bond donors (Lipinski definition) is 2. The lowest BCUT2D eigenvalue weighted by Crippen LogP contribution is -2.28. The van der Waals surface area contributed by atoms with Gasteiger partial charge in [0.05, 0.1) is 11.6 Å². The molecule has 1 atom stereocenters. The average Bonchev–Trinajstić information content (AvgIpc) is 3.16. The molecule has 2 N–H and O–H groups in total. The topological polar surface area (TPSA) is 57.8 Å². The van der Waals surface area contributed by atoms with Crippen LogP contribution in [-0.2, 0) is 0 Å². The number of para-hydroxylation sites is 1. The number of carbonyl (C=O) groups excluding carboxylic acids is 1. The monoisotopic (exact) mass is 299 g/mol. The van der Waals surface area contributed by atoms with Crippen LogP contribution in [0.2, 0.25) is 0 Å². The number of nitrogens with one attached hydrogen (secondary N) is 2. The number of H-pyrrole nitrogens is 1. The van der Waals surface area contributed by atoms with Crippen molar-refractivity contribution < 1.29 is 4.79 Å². The Hall–Kier alpha value is -2.14. The maximum Gasteiger partial charge on any atom is 0.272 e. The maximum absolute atomic E-state index is 12.5. The van der Waals surface area contributed by atoms with Gasteiger partial charge in [0.15, 0.2) is 5.69 Å². The van der Waals surface area contributed by atoms with E-state index in [0.717, 1.165) is 23.7 Å². The van der Waals surface area contributed by atoms with Gasteiger partial charge < -0.3 is 5.32 Å². The fourth-order valence-corrected chi connectivity index (χ4v) is 3.24. The third-order valence-corrected chi connectivity index (χ3v) is 4.44. The van der Waals surface area contributed by atoms with E-state index in [2.05, 4.69) is 28.5 Å². The first-order valence-corrected chi connectivity index (χ1v) is 7.95. The second-order valence-corrected chi connectivity index (χ2v) is 5.93. The van der Waals surface area contributed by atoms with Crippen molar-refractivity contribution in [3.8, 4) is 0 Å². The normalized spacial score (nSPS) is 12.4. The smallest absolute Gasteiger partial charge is 0.272 e. The molecule has 0 saturated heterocycles. The molecule has 0 bridgehead atoms. The molecule has 0 aliphatic carbocycles. The van der Waals surface area contributed by atoms with Crippen molar-refractivity contribution in [1.29, 1.82) is 0 Å². The number of hydrogen-bond acceptors (Lipinski definition) is 3. The van der Waals surface area contributed by atoms with Gasteiger partial charge in [-0.25, -0.2) is 0 Å². The first kappa shape index (κ1) is 13.8. The number of benzene rings is 1. The number of nitrogens with zero attached hydrogens (tertiary/aromatic N) is 1. The number of amides is 1. The second-order valence-electron chi connectivity index (χ2n) is 4.95. The summed E-state index contributed by atoms with van der Waals surface area (Å²) in [5, 5.41) is 13.1.